The molecule has 220 valence electrons. The molecule has 11 heteroatoms. The number of carbonyl (C=O) groups is 4. The van der Waals surface area contributed by atoms with E-state index < -0.39 is 41.4 Å². The highest BCUT2D eigenvalue weighted by Gasteiger charge is 2.58. The third kappa shape index (κ3) is 7.35. The molecule has 2 N–H and O–H groups in total. The first kappa shape index (κ1) is 29.9. The van der Waals surface area contributed by atoms with Crippen LogP contribution in [0, 0.1) is 0 Å². The first-order chi connectivity index (χ1) is 19.5. The summed E-state index contributed by atoms with van der Waals surface area (Å²) >= 11 is 0. The van der Waals surface area contributed by atoms with Crippen molar-refractivity contribution in [1.82, 2.24) is 20.4 Å². The van der Waals surface area contributed by atoms with Crippen LogP contribution < -0.4 is 10.6 Å². The van der Waals surface area contributed by atoms with Crippen LogP contribution in [0.3, 0.4) is 0 Å². The Labute approximate surface area is 240 Å². The Morgan fingerprint density at radius 2 is 1.59 bits per heavy atom. The summed E-state index contributed by atoms with van der Waals surface area (Å²) in [7, 11) is 0. The summed E-state index contributed by atoms with van der Waals surface area (Å²) < 4.78 is 16.9. The van der Waals surface area contributed by atoms with Crippen molar-refractivity contribution in [3.8, 4) is 0 Å². The lowest BCUT2D eigenvalue weighted by Crippen LogP contribution is -2.81. The second-order valence-corrected chi connectivity index (χ2v) is 11.3. The molecule has 2 aliphatic heterocycles. The van der Waals surface area contributed by atoms with Crippen LogP contribution in [0.15, 0.2) is 60.7 Å². The average molecular weight is 567 g/mol. The van der Waals surface area contributed by atoms with E-state index in [2.05, 4.69) is 10.6 Å². The van der Waals surface area contributed by atoms with E-state index in [0.29, 0.717) is 0 Å². The SMILES string of the molecule is C[C@@H](OCc1ccccc1)[C@H](NC(=O)OCc1ccccc1)C(=O)N1CCN(C(=O)OC(C)(C)C)CC12CNC2=O. The van der Waals surface area contributed by atoms with Crippen molar-refractivity contribution in [2.45, 2.75) is 64.2 Å². The number of ether oxygens (including phenoxy) is 3. The zero-order chi connectivity index (χ0) is 29.6. The summed E-state index contributed by atoms with van der Waals surface area (Å²) in [5, 5.41) is 5.37. The van der Waals surface area contributed by atoms with Gasteiger partial charge in [-0.3, -0.25) is 9.59 Å². The Morgan fingerprint density at radius 1 is 0.976 bits per heavy atom. The van der Waals surface area contributed by atoms with Gasteiger partial charge in [0.25, 0.3) is 0 Å². The summed E-state index contributed by atoms with van der Waals surface area (Å²) in [5.41, 5.74) is -0.292. The highest BCUT2D eigenvalue weighted by atomic mass is 16.6. The zero-order valence-electron chi connectivity index (χ0n) is 23.9. The predicted octanol–water partition coefficient (Wildman–Crippen LogP) is 2.83. The normalized spacial score (nSPS) is 20.0. The van der Waals surface area contributed by atoms with Crippen LogP contribution in [0.5, 0.6) is 0 Å². The number of nitrogens with one attached hydrogen (secondary N) is 2. The summed E-state index contributed by atoms with van der Waals surface area (Å²) in [6.07, 6.45) is -2.11. The van der Waals surface area contributed by atoms with Crippen LogP contribution in [0.25, 0.3) is 0 Å². The Balaban J connectivity index is 1.51. The molecule has 2 saturated heterocycles. The lowest BCUT2D eigenvalue weighted by molar-refractivity contribution is -0.164. The van der Waals surface area contributed by atoms with Crippen molar-refractivity contribution in [1.29, 1.82) is 0 Å². The Hall–Kier alpha value is -4.12. The highest BCUT2D eigenvalue weighted by Crippen LogP contribution is 2.29. The number of benzene rings is 2. The van der Waals surface area contributed by atoms with E-state index in [1.165, 1.54) is 9.80 Å². The maximum atomic E-state index is 14.1. The van der Waals surface area contributed by atoms with E-state index in [9.17, 15) is 19.2 Å². The average Bonchev–Trinajstić information content (AvgIpc) is 2.96. The maximum absolute atomic E-state index is 14.1. The van der Waals surface area contributed by atoms with Crippen LogP contribution in [-0.4, -0.2) is 83.3 Å². The highest BCUT2D eigenvalue weighted by molar-refractivity contribution is 5.99. The third-order valence-corrected chi connectivity index (χ3v) is 7.02. The van der Waals surface area contributed by atoms with Gasteiger partial charge in [-0.25, -0.2) is 9.59 Å². The van der Waals surface area contributed by atoms with Crippen LogP contribution in [0.1, 0.15) is 38.8 Å². The molecule has 4 rings (SSSR count). The van der Waals surface area contributed by atoms with Crippen LogP contribution in [-0.2, 0) is 37.0 Å². The largest absolute Gasteiger partial charge is 0.445 e. The molecule has 0 bridgehead atoms. The number of rotatable bonds is 8. The molecule has 11 nitrogen and oxygen atoms in total. The Kier molecular flexibility index (Phi) is 9.17. The molecule has 0 saturated carbocycles. The fourth-order valence-electron chi connectivity index (χ4n) is 4.77. The summed E-state index contributed by atoms with van der Waals surface area (Å²) in [5.74, 6) is -0.872. The van der Waals surface area contributed by atoms with Gasteiger partial charge in [-0.2, -0.15) is 0 Å². The van der Waals surface area contributed by atoms with Gasteiger partial charge in [-0.15, -0.1) is 0 Å². The number of hydrogen-bond acceptors (Lipinski definition) is 7. The Morgan fingerprint density at radius 3 is 2.12 bits per heavy atom. The Bertz CT molecular complexity index is 1230. The molecule has 41 heavy (non-hydrogen) atoms. The molecule has 0 radical (unpaired) electrons. The molecule has 2 aromatic carbocycles. The maximum Gasteiger partial charge on any atom is 0.410 e. The van der Waals surface area contributed by atoms with Gasteiger partial charge in [-0.05, 0) is 38.8 Å². The predicted molar refractivity (Wildman–Crippen MR) is 150 cm³/mol. The van der Waals surface area contributed by atoms with E-state index in [-0.39, 0.29) is 45.3 Å². The molecule has 3 atom stereocenters. The topological polar surface area (TPSA) is 127 Å². The first-order valence-corrected chi connectivity index (χ1v) is 13.7. The number of amides is 4. The van der Waals surface area contributed by atoms with Crippen LogP contribution in [0.4, 0.5) is 9.59 Å². The van der Waals surface area contributed by atoms with Gasteiger partial charge in [-0.1, -0.05) is 60.7 Å². The van der Waals surface area contributed by atoms with Crippen molar-refractivity contribution in [2.24, 2.45) is 0 Å². The van der Waals surface area contributed by atoms with Crippen molar-refractivity contribution in [2.75, 3.05) is 26.2 Å². The monoisotopic (exact) mass is 566 g/mol. The molecule has 1 unspecified atom stereocenters. The van der Waals surface area contributed by atoms with Crippen LogP contribution >= 0.6 is 0 Å². The number of carbonyl (C=O) groups excluding carboxylic acids is 4. The standard InChI is InChI=1S/C30H38N4O7/c1-21(39-17-22-11-7-5-8-12-22)24(32-27(37)40-18-23-13-9-6-10-14-23)25(35)34-16-15-33(28(38)41-29(2,3)4)20-30(34)19-31-26(30)36/h5-14,21,24H,15-20H2,1-4H3,(H,31,36)(H,32,37)/t21-,24+,30?/m1/s1. The minimum absolute atomic E-state index is 0.0216. The van der Waals surface area contributed by atoms with E-state index in [4.69, 9.17) is 14.2 Å². The molecule has 2 fully saturated rings. The molecular weight excluding hydrogens is 528 g/mol. The first-order valence-electron chi connectivity index (χ1n) is 13.7. The van der Waals surface area contributed by atoms with Gasteiger partial charge in [0, 0.05) is 13.1 Å². The number of hydrogen-bond donors (Lipinski definition) is 2. The number of β-lactam (4-membered cyclic amide) rings is 1. The van der Waals surface area contributed by atoms with Crippen molar-refractivity contribution in [3.63, 3.8) is 0 Å². The fraction of sp³-hybridized carbons (Fsp3) is 0.467. The minimum Gasteiger partial charge on any atom is -0.445 e. The molecule has 4 amide bonds. The van der Waals surface area contributed by atoms with E-state index in [1.807, 2.05) is 60.7 Å². The number of alkyl carbamates (subject to hydrolysis) is 1. The molecular formula is C30H38N4O7. The summed E-state index contributed by atoms with van der Waals surface area (Å²) in [4.78, 5) is 55.6. The summed E-state index contributed by atoms with van der Waals surface area (Å²) in [6, 6.07) is 17.5. The second-order valence-electron chi connectivity index (χ2n) is 11.3. The fourth-order valence-corrected chi connectivity index (χ4v) is 4.77. The van der Waals surface area contributed by atoms with Gasteiger partial charge in [0.2, 0.25) is 11.8 Å². The van der Waals surface area contributed by atoms with Crippen molar-refractivity contribution < 1.29 is 33.4 Å². The quantitative estimate of drug-likeness (QED) is 0.471. The number of piperazine rings is 1. The van der Waals surface area contributed by atoms with E-state index >= 15 is 0 Å². The van der Waals surface area contributed by atoms with E-state index in [0.717, 1.165) is 11.1 Å². The van der Waals surface area contributed by atoms with E-state index in [1.54, 1.807) is 27.7 Å². The van der Waals surface area contributed by atoms with Crippen molar-refractivity contribution >= 4 is 24.0 Å². The van der Waals surface area contributed by atoms with Crippen LogP contribution in [0.2, 0.25) is 0 Å². The summed E-state index contributed by atoms with van der Waals surface area (Å²) in [6.45, 7) is 7.60. The zero-order valence-corrected chi connectivity index (χ0v) is 23.9. The molecule has 2 heterocycles. The number of nitrogens with zero attached hydrogens (tertiary/aromatic N) is 2. The van der Waals surface area contributed by atoms with Crippen molar-refractivity contribution in [3.05, 3.63) is 71.8 Å². The third-order valence-electron chi connectivity index (χ3n) is 7.02. The van der Waals surface area contributed by atoms with Gasteiger partial charge in [0.15, 0.2) is 5.54 Å². The molecule has 0 aromatic heterocycles. The molecule has 2 aromatic rings. The molecule has 0 aliphatic carbocycles. The molecule has 1 spiro atoms. The minimum atomic E-state index is -1.28. The van der Waals surface area contributed by atoms with Gasteiger partial charge >= 0.3 is 12.2 Å². The second kappa shape index (κ2) is 12.6. The lowest BCUT2D eigenvalue weighted by atomic mass is 9.85. The van der Waals surface area contributed by atoms with Gasteiger partial charge in [0.1, 0.15) is 18.2 Å². The lowest BCUT2D eigenvalue weighted by Gasteiger charge is -2.54. The smallest absolute Gasteiger partial charge is 0.410 e. The van der Waals surface area contributed by atoms with Gasteiger partial charge in [0.05, 0.1) is 25.8 Å². The molecule has 2 aliphatic rings. The van der Waals surface area contributed by atoms with Gasteiger partial charge < -0.3 is 34.6 Å².